The van der Waals surface area contributed by atoms with E-state index in [2.05, 4.69) is 10.6 Å². The van der Waals surface area contributed by atoms with Crippen molar-refractivity contribution in [3.8, 4) is 17.2 Å². The van der Waals surface area contributed by atoms with E-state index in [1.807, 2.05) is 38.1 Å². The summed E-state index contributed by atoms with van der Waals surface area (Å²) in [6.07, 6.45) is 0.479. The molecule has 0 aliphatic heterocycles. The smallest absolute Gasteiger partial charge is 0.226 e. The van der Waals surface area contributed by atoms with Gasteiger partial charge in [-0.2, -0.15) is 0 Å². The summed E-state index contributed by atoms with van der Waals surface area (Å²) in [6.45, 7) is 4.50. The predicted octanol–water partition coefficient (Wildman–Crippen LogP) is 3.93. The largest absolute Gasteiger partial charge is 0.497 e. The van der Waals surface area contributed by atoms with Crippen molar-refractivity contribution in [2.45, 2.75) is 26.4 Å². The van der Waals surface area contributed by atoms with E-state index in [1.165, 1.54) is 0 Å². The molecular weight excluding hydrogens is 332 g/mol. The van der Waals surface area contributed by atoms with Crippen LogP contribution in [-0.4, -0.2) is 32.8 Å². The summed E-state index contributed by atoms with van der Waals surface area (Å²) < 4.78 is 16.0. The molecule has 0 atom stereocenters. The monoisotopic (exact) mass is 358 g/mol. The summed E-state index contributed by atoms with van der Waals surface area (Å²) in [6, 6.07) is 12.9. The average molecular weight is 358 g/mol. The molecule has 2 aromatic rings. The van der Waals surface area contributed by atoms with Gasteiger partial charge >= 0.3 is 0 Å². The zero-order chi connectivity index (χ0) is 18.9. The van der Waals surface area contributed by atoms with Gasteiger partial charge in [0.15, 0.2) is 0 Å². The second kappa shape index (κ2) is 9.56. The molecule has 0 radical (unpaired) electrons. The Hall–Kier alpha value is -2.89. The van der Waals surface area contributed by atoms with E-state index in [0.717, 1.165) is 11.4 Å². The SMILES string of the molecule is COc1ccc(NC(=O)CCNc2ccc(OC(C)C)cc2)c(OC)c1. The van der Waals surface area contributed by atoms with Crippen LogP contribution in [0, 0.1) is 0 Å². The van der Waals surface area contributed by atoms with E-state index in [0.29, 0.717) is 30.2 Å². The Labute approximate surface area is 154 Å². The number of rotatable bonds is 9. The number of hydrogen-bond donors (Lipinski definition) is 2. The third-order valence-electron chi connectivity index (χ3n) is 3.59. The zero-order valence-corrected chi connectivity index (χ0v) is 15.7. The van der Waals surface area contributed by atoms with Crippen molar-refractivity contribution in [2.24, 2.45) is 0 Å². The van der Waals surface area contributed by atoms with Crippen molar-refractivity contribution in [1.82, 2.24) is 0 Å². The molecule has 0 unspecified atom stereocenters. The first kappa shape index (κ1) is 19.4. The molecule has 0 spiro atoms. The number of nitrogens with one attached hydrogen (secondary N) is 2. The van der Waals surface area contributed by atoms with Gasteiger partial charge in [-0.1, -0.05) is 0 Å². The fourth-order valence-electron chi connectivity index (χ4n) is 2.36. The van der Waals surface area contributed by atoms with Crippen LogP contribution in [0.1, 0.15) is 20.3 Å². The topological polar surface area (TPSA) is 68.8 Å². The van der Waals surface area contributed by atoms with E-state index < -0.39 is 0 Å². The molecule has 0 aromatic heterocycles. The van der Waals surface area contributed by atoms with Crippen molar-refractivity contribution < 1.29 is 19.0 Å². The van der Waals surface area contributed by atoms with Gasteiger partial charge in [0, 0.05) is 24.7 Å². The van der Waals surface area contributed by atoms with Crippen LogP contribution in [0.15, 0.2) is 42.5 Å². The van der Waals surface area contributed by atoms with Gasteiger partial charge in [-0.05, 0) is 50.2 Å². The highest BCUT2D eigenvalue weighted by atomic mass is 16.5. The number of carbonyl (C=O) groups is 1. The molecule has 2 N–H and O–H groups in total. The number of benzene rings is 2. The molecule has 6 nitrogen and oxygen atoms in total. The quantitative estimate of drug-likeness (QED) is 0.711. The first-order chi connectivity index (χ1) is 12.5. The van der Waals surface area contributed by atoms with Gasteiger partial charge in [-0.15, -0.1) is 0 Å². The molecule has 0 bridgehead atoms. The van der Waals surface area contributed by atoms with Gasteiger partial charge in [0.1, 0.15) is 17.2 Å². The Kier molecular flexibility index (Phi) is 7.14. The van der Waals surface area contributed by atoms with E-state index in [1.54, 1.807) is 32.4 Å². The highest BCUT2D eigenvalue weighted by molar-refractivity contribution is 5.92. The third kappa shape index (κ3) is 5.88. The minimum atomic E-state index is -0.0965. The highest BCUT2D eigenvalue weighted by Crippen LogP contribution is 2.29. The fourth-order valence-corrected chi connectivity index (χ4v) is 2.36. The molecule has 140 valence electrons. The molecule has 0 saturated carbocycles. The summed E-state index contributed by atoms with van der Waals surface area (Å²) in [5.41, 5.74) is 1.56. The van der Waals surface area contributed by atoms with Crippen LogP contribution in [0.4, 0.5) is 11.4 Å². The van der Waals surface area contributed by atoms with E-state index >= 15 is 0 Å². The van der Waals surface area contributed by atoms with Gasteiger partial charge in [0.05, 0.1) is 26.0 Å². The van der Waals surface area contributed by atoms with Gasteiger partial charge in [-0.25, -0.2) is 0 Å². The maximum absolute atomic E-state index is 12.1. The van der Waals surface area contributed by atoms with Crippen molar-refractivity contribution in [3.63, 3.8) is 0 Å². The molecule has 0 aliphatic carbocycles. The van der Waals surface area contributed by atoms with Crippen LogP contribution in [0.25, 0.3) is 0 Å². The molecule has 1 amide bonds. The first-order valence-corrected chi connectivity index (χ1v) is 8.54. The summed E-state index contributed by atoms with van der Waals surface area (Å²) in [7, 11) is 3.14. The molecule has 0 heterocycles. The Bertz CT molecular complexity index is 714. The molecule has 6 heteroatoms. The summed E-state index contributed by atoms with van der Waals surface area (Å²) >= 11 is 0. The standard InChI is InChI=1S/C20H26N2O4/c1-14(2)26-16-7-5-15(6-8-16)21-12-11-20(23)22-18-10-9-17(24-3)13-19(18)25-4/h5-10,13-14,21H,11-12H2,1-4H3,(H,22,23). The van der Waals surface area contributed by atoms with Crippen molar-refractivity contribution >= 4 is 17.3 Å². The van der Waals surface area contributed by atoms with Crippen molar-refractivity contribution in [2.75, 3.05) is 31.4 Å². The minimum absolute atomic E-state index is 0.0965. The maximum Gasteiger partial charge on any atom is 0.226 e. The number of hydrogen-bond acceptors (Lipinski definition) is 5. The number of carbonyl (C=O) groups excluding carboxylic acids is 1. The lowest BCUT2D eigenvalue weighted by Crippen LogP contribution is -2.16. The normalized spacial score (nSPS) is 10.3. The van der Waals surface area contributed by atoms with Crippen LogP contribution in [0.5, 0.6) is 17.2 Å². The van der Waals surface area contributed by atoms with Crippen molar-refractivity contribution in [3.05, 3.63) is 42.5 Å². The predicted molar refractivity (Wildman–Crippen MR) is 103 cm³/mol. The van der Waals surface area contributed by atoms with Crippen LogP contribution < -0.4 is 24.8 Å². The van der Waals surface area contributed by atoms with Gasteiger partial charge < -0.3 is 24.8 Å². The van der Waals surface area contributed by atoms with Crippen LogP contribution in [-0.2, 0) is 4.79 Å². The molecule has 0 fully saturated rings. The number of anilines is 2. The van der Waals surface area contributed by atoms with E-state index in [4.69, 9.17) is 14.2 Å². The van der Waals surface area contributed by atoms with Gasteiger partial charge in [-0.3, -0.25) is 4.79 Å². The van der Waals surface area contributed by atoms with Gasteiger partial charge in [0.25, 0.3) is 0 Å². The Morgan fingerprint density at radius 2 is 1.69 bits per heavy atom. The average Bonchev–Trinajstić information content (AvgIpc) is 2.63. The molecule has 2 rings (SSSR count). The lowest BCUT2D eigenvalue weighted by molar-refractivity contribution is -0.116. The lowest BCUT2D eigenvalue weighted by atomic mass is 10.2. The first-order valence-electron chi connectivity index (χ1n) is 8.54. The van der Waals surface area contributed by atoms with Crippen LogP contribution >= 0.6 is 0 Å². The Balaban J connectivity index is 1.82. The molecule has 0 saturated heterocycles. The molecule has 2 aromatic carbocycles. The zero-order valence-electron chi connectivity index (χ0n) is 15.7. The van der Waals surface area contributed by atoms with E-state index in [9.17, 15) is 4.79 Å². The highest BCUT2D eigenvalue weighted by Gasteiger charge is 2.09. The van der Waals surface area contributed by atoms with Crippen molar-refractivity contribution in [1.29, 1.82) is 0 Å². The molecule has 26 heavy (non-hydrogen) atoms. The lowest BCUT2D eigenvalue weighted by Gasteiger charge is -2.12. The van der Waals surface area contributed by atoms with Crippen LogP contribution in [0.3, 0.4) is 0 Å². The summed E-state index contributed by atoms with van der Waals surface area (Å²) in [5, 5.41) is 6.07. The summed E-state index contributed by atoms with van der Waals surface area (Å²) in [4.78, 5) is 12.1. The second-order valence-corrected chi connectivity index (χ2v) is 5.98. The summed E-state index contributed by atoms with van der Waals surface area (Å²) in [5.74, 6) is 1.97. The number of ether oxygens (including phenoxy) is 3. The number of methoxy groups -OCH3 is 2. The maximum atomic E-state index is 12.1. The fraction of sp³-hybridized carbons (Fsp3) is 0.350. The van der Waals surface area contributed by atoms with E-state index in [-0.39, 0.29) is 12.0 Å². The van der Waals surface area contributed by atoms with Gasteiger partial charge in [0.2, 0.25) is 5.91 Å². The van der Waals surface area contributed by atoms with Crippen LogP contribution in [0.2, 0.25) is 0 Å². The third-order valence-corrected chi connectivity index (χ3v) is 3.59. The minimum Gasteiger partial charge on any atom is -0.497 e. The second-order valence-electron chi connectivity index (χ2n) is 5.98. The Morgan fingerprint density at radius 3 is 2.31 bits per heavy atom. The molecular formula is C20H26N2O4. The number of amides is 1. The Morgan fingerprint density at radius 1 is 1.00 bits per heavy atom. The molecule has 0 aliphatic rings.